The summed E-state index contributed by atoms with van der Waals surface area (Å²) in [6.45, 7) is 8.53. The number of nitrogens with one attached hydrogen (secondary N) is 2. The largest absolute Gasteiger partial charge is 0.444 e. The highest BCUT2D eigenvalue weighted by Crippen LogP contribution is 2.27. The lowest BCUT2D eigenvalue weighted by Crippen LogP contribution is -2.48. The monoisotopic (exact) mass is 464 g/mol. The van der Waals surface area contributed by atoms with E-state index < -0.39 is 34.5 Å². The predicted octanol–water partition coefficient (Wildman–Crippen LogP) is 3.76. The van der Waals surface area contributed by atoms with Crippen molar-refractivity contribution in [2.24, 2.45) is 5.92 Å². The van der Waals surface area contributed by atoms with Gasteiger partial charge in [-0.3, -0.25) is 20.2 Å². The van der Waals surface area contributed by atoms with Gasteiger partial charge in [0.1, 0.15) is 23.6 Å². The summed E-state index contributed by atoms with van der Waals surface area (Å²) in [5.41, 5.74) is -0.732. The number of nitrogens with zero attached hydrogens (tertiary/aromatic N) is 2. The van der Waals surface area contributed by atoms with Gasteiger partial charge in [-0.25, -0.2) is 14.6 Å². The maximum absolute atomic E-state index is 12.8. The minimum Gasteiger partial charge on any atom is -0.444 e. The van der Waals surface area contributed by atoms with E-state index in [1.807, 2.05) is 0 Å². The van der Waals surface area contributed by atoms with E-state index in [1.54, 1.807) is 46.8 Å². The molecule has 2 aromatic rings. The Bertz CT molecular complexity index is 1010. The Kier molecular flexibility index (Phi) is 7.87. The van der Waals surface area contributed by atoms with Crippen LogP contribution in [0, 0.1) is 16.0 Å². The number of hydrogen-bond acceptors (Lipinski definition) is 9. The van der Waals surface area contributed by atoms with Crippen molar-refractivity contribution in [2.75, 3.05) is 5.32 Å². The number of hydrogen-bond donors (Lipinski definition) is 2. The van der Waals surface area contributed by atoms with E-state index in [0.717, 1.165) is 6.20 Å². The lowest BCUT2D eigenvalue weighted by Gasteiger charge is -2.24. The highest BCUT2D eigenvalue weighted by atomic mass is 32.1. The number of rotatable bonds is 7. The van der Waals surface area contributed by atoms with Crippen LogP contribution >= 0.6 is 11.3 Å². The number of nitro groups is 1. The van der Waals surface area contributed by atoms with E-state index in [2.05, 4.69) is 15.6 Å². The molecule has 2 N–H and O–H groups in total. The van der Waals surface area contributed by atoms with Crippen LogP contribution in [0.5, 0.6) is 5.75 Å². The van der Waals surface area contributed by atoms with E-state index in [1.165, 1.54) is 12.1 Å². The Morgan fingerprint density at radius 2 is 1.84 bits per heavy atom. The summed E-state index contributed by atoms with van der Waals surface area (Å²) in [4.78, 5) is 51.4. The molecule has 0 aliphatic rings. The molecule has 0 fully saturated rings. The number of ether oxygens (including phenoxy) is 2. The molecule has 1 heterocycles. The highest BCUT2D eigenvalue weighted by Gasteiger charge is 2.29. The molecule has 2 amide bonds. The normalized spacial score (nSPS) is 12.1. The van der Waals surface area contributed by atoms with Gasteiger partial charge in [-0.2, -0.15) is 0 Å². The number of benzene rings is 1. The summed E-state index contributed by atoms with van der Waals surface area (Å²) in [6.07, 6.45) is 0.256. The molecule has 0 bridgehead atoms. The van der Waals surface area contributed by atoms with Crippen molar-refractivity contribution in [3.05, 3.63) is 46.1 Å². The van der Waals surface area contributed by atoms with Crippen LogP contribution in [0.3, 0.4) is 0 Å². The maximum atomic E-state index is 12.8. The van der Waals surface area contributed by atoms with Crippen molar-refractivity contribution in [3.8, 4) is 5.75 Å². The lowest BCUT2D eigenvalue weighted by atomic mass is 10.0. The van der Waals surface area contributed by atoms with Crippen molar-refractivity contribution in [2.45, 2.75) is 46.3 Å². The molecule has 0 spiro atoms. The van der Waals surface area contributed by atoms with Crippen LogP contribution < -0.4 is 15.4 Å². The summed E-state index contributed by atoms with van der Waals surface area (Å²) >= 11 is 0.692. The molecule has 12 heteroatoms. The van der Waals surface area contributed by atoms with Gasteiger partial charge in [0, 0.05) is 0 Å². The zero-order valence-electron chi connectivity index (χ0n) is 18.2. The molecule has 11 nitrogen and oxygen atoms in total. The quantitative estimate of drug-likeness (QED) is 0.272. The van der Waals surface area contributed by atoms with Gasteiger partial charge in [-0.1, -0.05) is 26.0 Å². The van der Waals surface area contributed by atoms with E-state index in [-0.39, 0.29) is 27.4 Å². The molecule has 0 saturated carbocycles. The third-order valence-electron chi connectivity index (χ3n) is 3.83. The molecule has 0 saturated heterocycles. The van der Waals surface area contributed by atoms with Crippen molar-refractivity contribution in [1.29, 1.82) is 0 Å². The minimum atomic E-state index is -1.03. The van der Waals surface area contributed by atoms with Gasteiger partial charge in [0.2, 0.25) is 0 Å². The van der Waals surface area contributed by atoms with Gasteiger partial charge in [-0.05, 0) is 50.2 Å². The summed E-state index contributed by atoms with van der Waals surface area (Å²) in [5, 5.41) is 15.5. The van der Waals surface area contributed by atoms with Crippen LogP contribution in [0.25, 0.3) is 0 Å². The van der Waals surface area contributed by atoms with E-state index >= 15 is 0 Å². The lowest BCUT2D eigenvalue weighted by molar-refractivity contribution is -0.380. The van der Waals surface area contributed by atoms with Crippen LogP contribution in [-0.4, -0.2) is 39.5 Å². The first-order chi connectivity index (χ1) is 14.9. The number of thiazole rings is 1. The average Bonchev–Trinajstić information content (AvgIpc) is 3.13. The summed E-state index contributed by atoms with van der Waals surface area (Å²) in [6, 6.07) is 4.95. The topological polar surface area (TPSA) is 150 Å². The third kappa shape index (κ3) is 7.01. The standard InChI is InChI=1S/C20H24N4O7S/c1-11(2)15(22-19(27)31-20(3,4)5)17(26)30-13-9-7-6-8-12(13)16(25)23-18-21-10-14(32-18)24(28)29/h6-11,15H,1-5H3,(H,22,27)(H,21,23,25)/t15-/m0/s1. The van der Waals surface area contributed by atoms with Gasteiger partial charge in [0.15, 0.2) is 5.13 Å². The zero-order valence-corrected chi connectivity index (χ0v) is 19.0. The van der Waals surface area contributed by atoms with Crippen molar-refractivity contribution < 1.29 is 28.8 Å². The number of alkyl carbamates (subject to hydrolysis) is 1. The summed E-state index contributed by atoms with van der Waals surface area (Å²) in [5.74, 6) is -1.82. The van der Waals surface area contributed by atoms with Gasteiger partial charge in [-0.15, -0.1) is 0 Å². The first-order valence-corrected chi connectivity index (χ1v) is 10.4. The molecule has 1 atom stereocenters. The Hall–Kier alpha value is -3.54. The fraction of sp³-hybridized carbons (Fsp3) is 0.400. The van der Waals surface area contributed by atoms with E-state index in [0.29, 0.717) is 11.3 Å². The van der Waals surface area contributed by atoms with Gasteiger partial charge >= 0.3 is 17.1 Å². The first-order valence-electron chi connectivity index (χ1n) is 9.59. The Labute approximate surface area is 188 Å². The molecular formula is C20H24N4O7S. The van der Waals surface area contributed by atoms with E-state index in [4.69, 9.17) is 9.47 Å². The molecule has 32 heavy (non-hydrogen) atoms. The van der Waals surface area contributed by atoms with Crippen molar-refractivity contribution in [1.82, 2.24) is 10.3 Å². The molecule has 0 unspecified atom stereocenters. The van der Waals surface area contributed by atoms with E-state index in [9.17, 15) is 24.5 Å². The Balaban J connectivity index is 2.15. The molecule has 172 valence electrons. The molecular weight excluding hydrogens is 440 g/mol. The molecule has 0 aliphatic heterocycles. The predicted molar refractivity (Wildman–Crippen MR) is 117 cm³/mol. The van der Waals surface area contributed by atoms with Gasteiger partial charge < -0.3 is 14.8 Å². The number of esters is 1. The number of para-hydroxylation sites is 1. The second-order valence-electron chi connectivity index (χ2n) is 8.00. The zero-order chi connectivity index (χ0) is 24.1. The number of aromatic nitrogens is 1. The fourth-order valence-corrected chi connectivity index (χ4v) is 3.05. The summed E-state index contributed by atoms with van der Waals surface area (Å²) in [7, 11) is 0. The molecule has 2 rings (SSSR count). The van der Waals surface area contributed by atoms with Gasteiger partial charge in [0.05, 0.1) is 10.5 Å². The average molecular weight is 465 g/mol. The molecule has 1 aromatic carbocycles. The van der Waals surface area contributed by atoms with Crippen molar-refractivity contribution >= 4 is 39.4 Å². The summed E-state index contributed by atoms with van der Waals surface area (Å²) < 4.78 is 10.6. The smallest absolute Gasteiger partial charge is 0.408 e. The Morgan fingerprint density at radius 3 is 2.41 bits per heavy atom. The SMILES string of the molecule is CC(C)[C@H](NC(=O)OC(C)(C)C)C(=O)Oc1ccccc1C(=O)Nc1ncc([N+](=O)[O-])s1. The molecule has 1 aromatic heterocycles. The maximum Gasteiger partial charge on any atom is 0.408 e. The highest BCUT2D eigenvalue weighted by molar-refractivity contribution is 7.18. The van der Waals surface area contributed by atoms with Crippen LogP contribution in [0.2, 0.25) is 0 Å². The second kappa shape index (κ2) is 10.2. The molecule has 0 radical (unpaired) electrons. The van der Waals surface area contributed by atoms with Crippen LogP contribution in [0.1, 0.15) is 45.0 Å². The van der Waals surface area contributed by atoms with Crippen LogP contribution in [0.15, 0.2) is 30.5 Å². The van der Waals surface area contributed by atoms with Gasteiger partial charge in [0.25, 0.3) is 5.91 Å². The van der Waals surface area contributed by atoms with Crippen LogP contribution in [0.4, 0.5) is 14.9 Å². The fourth-order valence-electron chi connectivity index (χ4n) is 2.42. The second-order valence-corrected chi connectivity index (χ2v) is 9.01. The number of carbonyl (C=O) groups is 3. The molecule has 0 aliphatic carbocycles. The van der Waals surface area contributed by atoms with Crippen LogP contribution in [-0.2, 0) is 9.53 Å². The number of anilines is 1. The first kappa shape index (κ1) is 24.7. The number of amides is 2. The van der Waals surface area contributed by atoms with Crippen molar-refractivity contribution in [3.63, 3.8) is 0 Å². The third-order valence-corrected chi connectivity index (χ3v) is 4.69. The Morgan fingerprint density at radius 1 is 1.19 bits per heavy atom. The minimum absolute atomic E-state index is 0.0125. The number of carbonyl (C=O) groups excluding carboxylic acids is 3.